The molecule has 0 aromatic carbocycles. The van der Waals surface area contributed by atoms with Gasteiger partial charge in [-0.25, -0.2) is 23.1 Å². The summed E-state index contributed by atoms with van der Waals surface area (Å²) in [6, 6.07) is 0.0787. The summed E-state index contributed by atoms with van der Waals surface area (Å²) in [7, 11) is -3.55. The molecule has 4 rings (SSSR count). The Balaban J connectivity index is 1.53. The molecule has 0 amide bonds. The first kappa shape index (κ1) is 13.9. The number of nitrogens with zero attached hydrogens (tertiary/aromatic N) is 2. The molecule has 7 heteroatoms. The molecule has 3 fully saturated rings. The van der Waals surface area contributed by atoms with Crippen molar-refractivity contribution in [3.8, 4) is 0 Å². The lowest BCUT2D eigenvalue weighted by Gasteiger charge is -2.31. The van der Waals surface area contributed by atoms with Crippen LogP contribution in [0.3, 0.4) is 0 Å². The smallest absolute Gasteiger partial charge is 0.225 e. The first-order valence-electron chi connectivity index (χ1n) is 7.54. The van der Waals surface area contributed by atoms with Crippen molar-refractivity contribution in [1.82, 2.24) is 14.7 Å². The van der Waals surface area contributed by atoms with Crippen LogP contribution in [0.1, 0.15) is 32.1 Å². The number of nitrogens with one attached hydrogen (secondary N) is 1. The molecule has 114 valence electrons. The minimum atomic E-state index is -3.55. The van der Waals surface area contributed by atoms with Gasteiger partial charge in [0, 0.05) is 6.04 Å². The fraction of sp³-hybridized carbons (Fsp3) is 0.714. The van der Waals surface area contributed by atoms with Crippen LogP contribution in [-0.4, -0.2) is 24.4 Å². The lowest BCUT2D eigenvalue weighted by atomic mass is 9.79. The van der Waals surface area contributed by atoms with Crippen LogP contribution >= 0.6 is 11.6 Å². The van der Waals surface area contributed by atoms with Crippen molar-refractivity contribution in [2.75, 3.05) is 0 Å². The second-order valence-corrected chi connectivity index (χ2v) is 8.62. The van der Waals surface area contributed by atoms with E-state index >= 15 is 0 Å². The quantitative estimate of drug-likeness (QED) is 0.864. The summed E-state index contributed by atoms with van der Waals surface area (Å²) < 4.78 is 27.8. The zero-order chi connectivity index (χ0) is 14.6. The van der Waals surface area contributed by atoms with Crippen LogP contribution in [-0.2, 0) is 10.0 Å². The molecule has 5 nitrogen and oxygen atoms in total. The highest BCUT2D eigenvalue weighted by atomic mass is 35.5. The van der Waals surface area contributed by atoms with E-state index in [1.54, 1.807) is 0 Å². The minimum Gasteiger partial charge on any atom is -0.225 e. The molecule has 3 aliphatic carbocycles. The van der Waals surface area contributed by atoms with Gasteiger partial charge in [-0.3, -0.25) is 0 Å². The molecular formula is C14H18ClN3O2S. The van der Waals surface area contributed by atoms with E-state index in [0.717, 1.165) is 24.2 Å². The molecule has 5 atom stereocenters. The van der Waals surface area contributed by atoms with Crippen LogP contribution in [0.4, 0.5) is 0 Å². The normalized spacial score (nSPS) is 37.9. The molecule has 0 saturated heterocycles. The van der Waals surface area contributed by atoms with Crippen LogP contribution in [0.25, 0.3) is 0 Å². The van der Waals surface area contributed by atoms with Gasteiger partial charge in [0.15, 0.2) is 0 Å². The third-order valence-corrected chi connectivity index (χ3v) is 7.28. The van der Waals surface area contributed by atoms with Gasteiger partial charge in [0.2, 0.25) is 15.3 Å². The van der Waals surface area contributed by atoms with E-state index in [1.165, 1.54) is 38.1 Å². The van der Waals surface area contributed by atoms with E-state index in [-0.39, 0.29) is 16.2 Å². The zero-order valence-corrected chi connectivity index (χ0v) is 13.1. The Morgan fingerprint density at radius 1 is 1.10 bits per heavy atom. The zero-order valence-electron chi connectivity index (χ0n) is 11.6. The van der Waals surface area contributed by atoms with Crippen molar-refractivity contribution >= 4 is 21.6 Å². The molecule has 1 aromatic rings. The predicted octanol–water partition coefficient (Wildman–Crippen LogP) is 2.23. The molecule has 5 unspecified atom stereocenters. The lowest BCUT2D eigenvalue weighted by molar-refractivity contribution is 0.224. The third-order valence-electron chi connectivity index (χ3n) is 5.64. The van der Waals surface area contributed by atoms with Gasteiger partial charge in [-0.15, -0.1) is 0 Å². The first-order chi connectivity index (χ1) is 10.0. The molecule has 0 radical (unpaired) electrons. The fourth-order valence-corrected chi connectivity index (χ4v) is 6.20. The summed E-state index contributed by atoms with van der Waals surface area (Å²) in [5, 5.41) is 0.0580. The van der Waals surface area contributed by atoms with Gasteiger partial charge in [-0.1, -0.05) is 6.42 Å². The van der Waals surface area contributed by atoms with Crippen LogP contribution in [0.2, 0.25) is 5.28 Å². The number of rotatable bonds is 3. The number of sulfonamides is 1. The Kier molecular flexibility index (Phi) is 3.24. The summed E-state index contributed by atoms with van der Waals surface area (Å²) >= 11 is 5.61. The molecule has 3 aliphatic rings. The average molecular weight is 328 g/mol. The van der Waals surface area contributed by atoms with Crippen molar-refractivity contribution < 1.29 is 8.42 Å². The highest BCUT2D eigenvalue weighted by Gasteiger charge is 2.54. The van der Waals surface area contributed by atoms with Crippen molar-refractivity contribution in [2.45, 2.75) is 43.0 Å². The number of hydrogen-bond donors (Lipinski definition) is 1. The lowest BCUT2D eigenvalue weighted by Crippen LogP contribution is -2.42. The van der Waals surface area contributed by atoms with Crippen LogP contribution in [0.15, 0.2) is 17.3 Å². The van der Waals surface area contributed by atoms with Crippen molar-refractivity contribution in [2.24, 2.45) is 23.7 Å². The van der Waals surface area contributed by atoms with E-state index in [1.807, 2.05) is 0 Å². The van der Waals surface area contributed by atoms with Gasteiger partial charge in [0.05, 0.1) is 12.4 Å². The number of aromatic nitrogens is 2. The van der Waals surface area contributed by atoms with Gasteiger partial charge in [-0.05, 0) is 61.0 Å². The van der Waals surface area contributed by atoms with Crippen LogP contribution in [0.5, 0.6) is 0 Å². The maximum atomic E-state index is 12.4. The Morgan fingerprint density at radius 2 is 1.81 bits per heavy atom. The number of fused-ring (bicyclic) bond motifs is 5. The molecule has 21 heavy (non-hydrogen) atoms. The average Bonchev–Trinajstić information content (AvgIpc) is 3.09. The summed E-state index contributed by atoms with van der Waals surface area (Å²) in [6.07, 6.45) is 8.64. The van der Waals surface area contributed by atoms with Crippen molar-refractivity contribution in [3.63, 3.8) is 0 Å². The van der Waals surface area contributed by atoms with Crippen LogP contribution in [0, 0.1) is 23.7 Å². The second kappa shape index (κ2) is 4.89. The highest BCUT2D eigenvalue weighted by Crippen LogP contribution is 2.58. The van der Waals surface area contributed by atoms with E-state index in [2.05, 4.69) is 14.7 Å². The maximum absolute atomic E-state index is 12.4. The molecule has 0 spiro atoms. The Hall–Kier alpha value is -0.720. The van der Waals surface area contributed by atoms with Gasteiger partial charge < -0.3 is 0 Å². The molecule has 2 bridgehead atoms. The second-order valence-electron chi connectivity index (χ2n) is 6.57. The summed E-state index contributed by atoms with van der Waals surface area (Å²) in [6.45, 7) is 0. The third kappa shape index (κ3) is 2.28. The maximum Gasteiger partial charge on any atom is 0.243 e. The SMILES string of the molecule is O=S(=O)(NC1CC2CC1C1CCCC21)c1cnc(Cl)nc1. The topological polar surface area (TPSA) is 72.0 Å². The summed E-state index contributed by atoms with van der Waals surface area (Å²) in [5.74, 6) is 2.83. The predicted molar refractivity (Wildman–Crippen MR) is 78.2 cm³/mol. The molecule has 3 saturated carbocycles. The Bertz CT molecular complexity index is 649. The summed E-state index contributed by atoms with van der Waals surface area (Å²) in [4.78, 5) is 7.61. The Labute approximate surface area is 129 Å². The van der Waals surface area contributed by atoms with E-state index in [4.69, 9.17) is 11.6 Å². The Morgan fingerprint density at radius 3 is 2.57 bits per heavy atom. The van der Waals surface area contributed by atoms with E-state index in [0.29, 0.717) is 5.92 Å². The molecule has 1 aromatic heterocycles. The fourth-order valence-electron chi connectivity index (χ4n) is 4.91. The van der Waals surface area contributed by atoms with Gasteiger partial charge in [0.1, 0.15) is 4.90 Å². The number of halogens is 1. The minimum absolute atomic E-state index is 0.0580. The van der Waals surface area contributed by atoms with Gasteiger partial charge >= 0.3 is 0 Å². The van der Waals surface area contributed by atoms with E-state index < -0.39 is 10.0 Å². The molecule has 0 aliphatic heterocycles. The molecule has 1 N–H and O–H groups in total. The summed E-state index contributed by atoms with van der Waals surface area (Å²) in [5.41, 5.74) is 0. The number of hydrogen-bond acceptors (Lipinski definition) is 4. The van der Waals surface area contributed by atoms with Gasteiger partial charge in [-0.2, -0.15) is 0 Å². The van der Waals surface area contributed by atoms with E-state index in [9.17, 15) is 8.42 Å². The largest absolute Gasteiger partial charge is 0.243 e. The first-order valence-corrected chi connectivity index (χ1v) is 9.40. The van der Waals surface area contributed by atoms with Crippen molar-refractivity contribution in [3.05, 3.63) is 17.7 Å². The highest BCUT2D eigenvalue weighted by molar-refractivity contribution is 7.89. The van der Waals surface area contributed by atoms with Crippen LogP contribution < -0.4 is 4.72 Å². The molecule has 1 heterocycles. The monoisotopic (exact) mass is 327 g/mol. The van der Waals surface area contributed by atoms with Crippen molar-refractivity contribution in [1.29, 1.82) is 0 Å². The standard InChI is InChI=1S/C14H18ClN3O2S/c15-14-16-6-9(7-17-14)21(19,20)18-13-5-8-4-12(13)11-3-1-2-10(8)11/h6-8,10-13,18H,1-5H2. The van der Waals surface area contributed by atoms with Gasteiger partial charge in [0.25, 0.3) is 0 Å². The molecular weight excluding hydrogens is 310 g/mol.